The van der Waals surface area contributed by atoms with Gasteiger partial charge in [0.25, 0.3) is 0 Å². The maximum atomic E-state index is 4.79. The number of halogens is 1. The number of nitrogens with zero attached hydrogens (tertiary/aromatic N) is 2. The highest BCUT2D eigenvalue weighted by molar-refractivity contribution is 14.0. The summed E-state index contributed by atoms with van der Waals surface area (Å²) in [5, 5.41) is 7.88. The van der Waals surface area contributed by atoms with E-state index in [1.807, 2.05) is 11.8 Å². The van der Waals surface area contributed by atoms with Crippen molar-refractivity contribution in [1.82, 2.24) is 15.5 Å². The van der Waals surface area contributed by atoms with Gasteiger partial charge in [-0.25, -0.2) is 0 Å². The first-order valence-electron chi connectivity index (χ1n) is 10.0. The minimum Gasteiger partial charge on any atom is -0.357 e. The summed E-state index contributed by atoms with van der Waals surface area (Å²) < 4.78 is 0. The molecule has 1 saturated heterocycles. The minimum absolute atomic E-state index is 0. The maximum Gasteiger partial charge on any atom is 0.191 e. The van der Waals surface area contributed by atoms with E-state index in [1.54, 1.807) is 0 Å². The Balaban J connectivity index is 0.00000312. The van der Waals surface area contributed by atoms with Gasteiger partial charge in [0.05, 0.1) is 0 Å². The van der Waals surface area contributed by atoms with Crippen molar-refractivity contribution in [2.24, 2.45) is 10.9 Å². The van der Waals surface area contributed by atoms with Gasteiger partial charge in [0, 0.05) is 24.4 Å². The SMILES string of the molecule is CCNC(=NCCCCN1CCC(C)CC1)NC1CCC(SC)C1.I. The summed E-state index contributed by atoms with van der Waals surface area (Å²) in [6.45, 7) is 10.3. The Morgan fingerprint density at radius 1 is 1.16 bits per heavy atom. The van der Waals surface area contributed by atoms with Crippen molar-refractivity contribution in [2.75, 3.05) is 39.0 Å². The average molecular weight is 483 g/mol. The molecule has 0 spiro atoms. The van der Waals surface area contributed by atoms with Gasteiger partial charge >= 0.3 is 0 Å². The molecular weight excluding hydrogens is 443 g/mol. The van der Waals surface area contributed by atoms with Crippen LogP contribution in [0, 0.1) is 5.92 Å². The van der Waals surface area contributed by atoms with E-state index in [1.165, 1.54) is 64.6 Å². The molecule has 6 heteroatoms. The fraction of sp³-hybridized carbons (Fsp3) is 0.947. The third-order valence-corrected chi connectivity index (χ3v) is 6.53. The van der Waals surface area contributed by atoms with Crippen molar-refractivity contribution >= 4 is 41.7 Å². The van der Waals surface area contributed by atoms with Crippen molar-refractivity contribution in [1.29, 1.82) is 0 Å². The molecule has 148 valence electrons. The highest BCUT2D eigenvalue weighted by Gasteiger charge is 2.24. The van der Waals surface area contributed by atoms with Gasteiger partial charge in [-0.3, -0.25) is 4.99 Å². The molecule has 0 bridgehead atoms. The summed E-state index contributed by atoms with van der Waals surface area (Å²) in [4.78, 5) is 7.42. The highest BCUT2D eigenvalue weighted by atomic mass is 127. The van der Waals surface area contributed by atoms with Crippen molar-refractivity contribution in [2.45, 2.75) is 70.1 Å². The monoisotopic (exact) mass is 482 g/mol. The lowest BCUT2D eigenvalue weighted by Crippen LogP contribution is -2.42. The van der Waals surface area contributed by atoms with Gasteiger partial charge in [0.2, 0.25) is 0 Å². The molecule has 0 radical (unpaired) electrons. The fourth-order valence-electron chi connectivity index (χ4n) is 3.72. The van der Waals surface area contributed by atoms with Crippen molar-refractivity contribution in [3.05, 3.63) is 0 Å². The van der Waals surface area contributed by atoms with E-state index < -0.39 is 0 Å². The lowest BCUT2D eigenvalue weighted by Gasteiger charge is -2.30. The Labute approximate surface area is 176 Å². The van der Waals surface area contributed by atoms with Crippen LogP contribution in [0.4, 0.5) is 0 Å². The van der Waals surface area contributed by atoms with Gasteiger partial charge in [0.15, 0.2) is 5.96 Å². The van der Waals surface area contributed by atoms with Crippen LogP contribution in [0.25, 0.3) is 0 Å². The Morgan fingerprint density at radius 3 is 2.56 bits per heavy atom. The summed E-state index contributed by atoms with van der Waals surface area (Å²) in [6.07, 6.45) is 11.4. The van der Waals surface area contributed by atoms with E-state index >= 15 is 0 Å². The molecule has 25 heavy (non-hydrogen) atoms. The predicted octanol–water partition coefficient (Wildman–Crippen LogP) is 3.96. The second kappa shape index (κ2) is 13.5. The number of guanidine groups is 1. The van der Waals surface area contributed by atoms with E-state index in [0.29, 0.717) is 6.04 Å². The number of piperidine rings is 1. The van der Waals surface area contributed by atoms with Crippen LogP contribution in [0.5, 0.6) is 0 Å². The first-order chi connectivity index (χ1) is 11.7. The Morgan fingerprint density at radius 2 is 1.92 bits per heavy atom. The molecule has 0 aromatic carbocycles. The molecule has 1 heterocycles. The molecule has 0 amide bonds. The number of aliphatic imine (C=N–C) groups is 1. The first-order valence-corrected chi connectivity index (χ1v) is 11.3. The number of nitrogens with one attached hydrogen (secondary N) is 2. The molecule has 1 aliphatic carbocycles. The molecule has 2 N–H and O–H groups in total. The zero-order chi connectivity index (χ0) is 17.2. The molecule has 1 aliphatic heterocycles. The van der Waals surface area contributed by atoms with Gasteiger partial charge in [-0.1, -0.05) is 6.92 Å². The lowest BCUT2D eigenvalue weighted by atomic mass is 9.99. The third-order valence-electron chi connectivity index (χ3n) is 5.43. The molecule has 0 aromatic rings. The van der Waals surface area contributed by atoms with Gasteiger partial charge in [-0.15, -0.1) is 24.0 Å². The van der Waals surface area contributed by atoms with Crippen LogP contribution in [-0.2, 0) is 0 Å². The zero-order valence-electron chi connectivity index (χ0n) is 16.4. The summed E-state index contributed by atoms with van der Waals surface area (Å²) in [5.74, 6) is 1.96. The number of hydrogen-bond donors (Lipinski definition) is 2. The maximum absolute atomic E-state index is 4.79. The molecule has 2 atom stereocenters. The Kier molecular flexibility index (Phi) is 12.6. The molecule has 4 nitrogen and oxygen atoms in total. The topological polar surface area (TPSA) is 39.7 Å². The van der Waals surface area contributed by atoms with Crippen molar-refractivity contribution in [3.8, 4) is 0 Å². The van der Waals surface area contributed by atoms with Crippen LogP contribution in [0.3, 0.4) is 0 Å². The number of likely N-dealkylation sites (tertiary alicyclic amines) is 1. The Hall–Kier alpha value is 0.310. The van der Waals surface area contributed by atoms with Crippen molar-refractivity contribution in [3.63, 3.8) is 0 Å². The van der Waals surface area contributed by atoms with E-state index in [9.17, 15) is 0 Å². The molecule has 2 unspecified atom stereocenters. The standard InChI is InChI=1S/C19H38N4S.HI/c1-4-20-19(22-17-7-8-18(15-17)24-3)21-11-5-6-12-23-13-9-16(2)10-14-23;/h16-18H,4-15H2,1-3H3,(H2,20,21,22);1H. The lowest BCUT2D eigenvalue weighted by molar-refractivity contribution is 0.190. The highest BCUT2D eigenvalue weighted by Crippen LogP contribution is 2.28. The van der Waals surface area contributed by atoms with Crippen LogP contribution in [0.1, 0.15) is 58.8 Å². The molecule has 1 saturated carbocycles. The van der Waals surface area contributed by atoms with Crippen molar-refractivity contribution < 1.29 is 0 Å². The molecular formula is C19H39IN4S. The van der Waals surface area contributed by atoms with Gasteiger partial charge in [-0.05, 0) is 83.7 Å². The smallest absolute Gasteiger partial charge is 0.191 e. The van der Waals surface area contributed by atoms with Crippen LogP contribution in [0.15, 0.2) is 4.99 Å². The summed E-state index contributed by atoms with van der Waals surface area (Å²) in [7, 11) is 0. The zero-order valence-corrected chi connectivity index (χ0v) is 19.6. The number of hydrogen-bond acceptors (Lipinski definition) is 3. The van der Waals surface area contributed by atoms with Gasteiger partial charge in [0.1, 0.15) is 0 Å². The van der Waals surface area contributed by atoms with E-state index in [-0.39, 0.29) is 24.0 Å². The molecule has 2 fully saturated rings. The van der Waals surface area contributed by atoms with Crippen LogP contribution in [0.2, 0.25) is 0 Å². The van der Waals surface area contributed by atoms with Gasteiger partial charge in [-0.2, -0.15) is 11.8 Å². The normalized spacial score (nSPS) is 25.6. The Bertz CT molecular complexity index is 372. The number of unbranched alkanes of at least 4 members (excludes halogenated alkanes) is 1. The van der Waals surface area contributed by atoms with Crippen LogP contribution >= 0.6 is 35.7 Å². The summed E-state index contributed by atoms with van der Waals surface area (Å²) in [5.41, 5.74) is 0. The van der Waals surface area contributed by atoms with Crippen LogP contribution < -0.4 is 10.6 Å². The number of rotatable bonds is 8. The van der Waals surface area contributed by atoms with E-state index in [0.717, 1.165) is 30.2 Å². The van der Waals surface area contributed by atoms with E-state index in [4.69, 9.17) is 4.99 Å². The van der Waals surface area contributed by atoms with Gasteiger partial charge < -0.3 is 15.5 Å². The first kappa shape index (κ1) is 23.3. The summed E-state index contributed by atoms with van der Waals surface area (Å²) >= 11 is 2.01. The number of thioether (sulfide) groups is 1. The fourth-order valence-corrected chi connectivity index (χ4v) is 4.52. The molecule has 0 aromatic heterocycles. The van der Waals surface area contributed by atoms with E-state index in [2.05, 4.69) is 35.6 Å². The predicted molar refractivity (Wildman–Crippen MR) is 124 cm³/mol. The average Bonchev–Trinajstić information content (AvgIpc) is 3.04. The van der Waals surface area contributed by atoms with Crippen LogP contribution in [-0.4, -0.2) is 61.1 Å². The molecule has 2 aliphatic rings. The quantitative estimate of drug-likeness (QED) is 0.238. The summed E-state index contributed by atoms with van der Waals surface area (Å²) in [6, 6.07) is 0.607. The third kappa shape index (κ3) is 9.18. The minimum atomic E-state index is 0. The molecule has 2 rings (SSSR count). The second-order valence-corrected chi connectivity index (χ2v) is 8.64. The largest absolute Gasteiger partial charge is 0.357 e. The second-order valence-electron chi connectivity index (χ2n) is 7.50.